The van der Waals surface area contributed by atoms with Gasteiger partial charge in [0.2, 0.25) is 5.91 Å². The first-order valence-corrected chi connectivity index (χ1v) is 9.07. The molecule has 2 aromatic rings. The molecule has 1 aliphatic heterocycles. The van der Waals surface area contributed by atoms with Crippen molar-refractivity contribution in [2.24, 2.45) is 5.73 Å². The van der Waals surface area contributed by atoms with E-state index in [1.54, 1.807) is 0 Å². The van der Waals surface area contributed by atoms with Gasteiger partial charge in [-0.1, -0.05) is 60.7 Å². The number of nitrogens with zero attached hydrogens (tertiary/aromatic N) is 1. The largest absolute Gasteiger partial charge is 0.354 e. The predicted octanol–water partition coefficient (Wildman–Crippen LogP) is 2.86. The molecule has 1 aliphatic rings. The van der Waals surface area contributed by atoms with Crippen LogP contribution in [0.4, 0.5) is 0 Å². The molecule has 0 aromatic heterocycles. The summed E-state index contributed by atoms with van der Waals surface area (Å²) in [4.78, 5) is 14.7. The molecule has 0 spiro atoms. The van der Waals surface area contributed by atoms with Gasteiger partial charge in [-0.15, -0.1) is 0 Å². The molecule has 0 radical (unpaired) electrons. The minimum absolute atomic E-state index is 0.0305. The first kappa shape index (κ1) is 17.6. The van der Waals surface area contributed by atoms with Crippen molar-refractivity contribution in [3.63, 3.8) is 0 Å². The van der Waals surface area contributed by atoms with Gasteiger partial charge < -0.3 is 11.1 Å². The standard InChI is InChI=1S/C21H27N3O/c22-20(18-10-5-2-6-11-18)14-21(25)23-15-19-12-7-13-24(19)16-17-8-3-1-4-9-17/h1-6,8-11,19-20H,7,12-16,22H2,(H,23,25). The maximum absolute atomic E-state index is 12.2. The number of nitrogens with one attached hydrogen (secondary N) is 1. The second-order valence-electron chi connectivity index (χ2n) is 6.78. The average Bonchev–Trinajstić information content (AvgIpc) is 3.08. The van der Waals surface area contributed by atoms with Crippen LogP contribution in [0.15, 0.2) is 60.7 Å². The van der Waals surface area contributed by atoms with Crippen molar-refractivity contribution in [3.05, 3.63) is 71.8 Å². The van der Waals surface area contributed by atoms with Gasteiger partial charge in [-0.3, -0.25) is 9.69 Å². The van der Waals surface area contributed by atoms with Gasteiger partial charge in [0.1, 0.15) is 0 Å². The molecule has 3 N–H and O–H groups in total. The molecule has 4 nitrogen and oxygen atoms in total. The third kappa shape index (κ3) is 5.15. The lowest BCUT2D eigenvalue weighted by atomic mass is 10.0. The minimum atomic E-state index is -0.245. The number of hydrogen-bond donors (Lipinski definition) is 2. The van der Waals surface area contributed by atoms with Crippen LogP contribution in [0, 0.1) is 0 Å². The maximum atomic E-state index is 12.2. The van der Waals surface area contributed by atoms with Gasteiger partial charge in [-0.05, 0) is 30.5 Å². The quantitative estimate of drug-likeness (QED) is 0.817. The van der Waals surface area contributed by atoms with E-state index in [0.29, 0.717) is 19.0 Å². The number of benzene rings is 2. The summed E-state index contributed by atoms with van der Waals surface area (Å²) in [5, 5.41) is 3.08. The summed E-state index contributed by atoms with van der Waals surface area (Å²) in [5.74, 6) is 0.0305. The second-order valence-corrected chi connectivity index (χ2v) is 6.78. The minimum Gasteiger partial charge on any atom is -0.354 e. The molecule has 0 saturated carbocycles. The monoisotopic (exact) mass is 337 g/mol. The van der Waals surface area contributed by atoms with Crippen molar-refractivity contribution in [2.45, 2.75) is 37.9 Å². The van der Waals surface area contributed by atoms with Gasteiger partial charge >= 0.3 is 0 Å². The molecule has 2 aromatic carbocycles. The van der Waals surface area contributed by atoms with E-state index in [1.807, 2.05) is 36.4 Å². The summed E-state index contributed by atoms with van der Waals surface area (Å²) < 4.78 is 0. The smallest absolute Gasteiger partial charge is 0.221 e. The molecule has 1 saturated heterocycles. The number of hydrogen-bond acceptors (Lipinski definition) is 3. The van der Waals surface area contributed by atoms with Crippen LogP contribution in [0.1, 0.15) is 36.4 Å². The molecule has 1 fully saturated rings. The molecule has 0 bridgehead atoms. The predicted molar refractivity (Wildman–Crippen MR) is 101 cm³/mol. The Morgan fingerprint density at radius 3 is 2.52 bits per heavy atom. The number of rotatable bonds is 7. The molecule has 2 atom stereocenters. The maximum Gasteiger partial charge on any atom is 0.221 e. The molecular formula is C21H27N3O. The fourth-order valence-corrected chi connectivity index (χ4v) is 3.47. The summed E-state index contributed by atoms with van der Waals surface area (Å²) in [5.41, 5.74) is 8.47. The Bertz CT molecular complexity index is 659. The Morgan fingerprint density at radius 2 is 1.80 bits per heavy atom. The zero-order valence-corrected chi connectivity index (χ0v) is 14.6. The third-order valence-corrected chi connectivity index (χ3v) is 4.90. The fourth-order valence-electron chi connectivity index (χ4n) is 3.47. The highest BCUT2D eigenvalue weighted by molar-refractivity contribution is 5.76. The van der Waals surface area contributed by atoms with Gasteiger partial charge in [0.25, 0.3) is 0 Å². The van der Waals surface area contributed by atoms with Crippen LogP contribution in [-0.2, 0) is 11.3 Å². The van der Waals surface area contributed by atoms with E-state index in [-0.39, 0.29) is 11.9 Å². The van der Waals surface area contributed by atoms with E-state index in [2.05, 4.69) is 34.5 Å². The summed E-state index contributed by atoms with van der Waals surface area (Å²) in [7, 11) is 0. The number of carbonyl (C=O) groups excluding carboxylic acids is 1. The molecule has 3 rings (SSSR count). The van der Waals surface area contributed by atoms with E-state index in [1.165, 1.54) is 12.0 Å². The van der Waals surface area contributed by atoms with Crippen LogP contribution in [0.5, 0.6) is 0 Å². The number of carbonyl (C=O) groups is 1. The molecule has 4 heteroatoms. The molecule has 1 amide bonds. The highest BCUT2D eigenvalue weighted by Gasteiger charge is 2.25. The van der Waals surface area contributed by atoms with Crippen molar-refractivity contribution in [3.8, 4) is 0 Å². The van der Waals surface area contributed by atoms with Gasteiger partial charge in [0.15, 0.2) is 0 Å². The molecule has 2 unspecified atom stereocenters. The molecule has 0 aliphatic carbocycles. The van der Waals surface area contributed by atoms with E-state index >= 15 is 0 Å². The summed E-state index contributed by atoms with van der Waals surface area (Å²) in [6.45, 7) is 2.75. The molecule has 25 heavy (non-hydrogen) atoms. The van der Waals surface area contributed by atoms with Gasteiger partial charge in [0.05, 0.1) is 0 Å². The van der Waals surface area contributed by atoms with Crippen molar-refractivity contribution in [1.82, 2.24) is 10.2 Å². The summed E-state index contributed by atoms with van der Waals surface area (Å²) >= 11 is 0. The number of nitrogens with two attached hydrogens (primary N) is 1. The van der Waals surface area contributed by atoms with Crippen molar-refractivity contribution in [1.29, 1.82) is 0 Å². The Labute approximate surface area is 150 Å². The van der Waals surface area contributed by atoms with Crippen LogP contribution >= 0.6 is 0 Å². The van der Waals surface area contributed by atoms with Crippen LogP contribution < -0.4 is 11.1 Å². The Hall–Kier alpha value is -2.17. The average molecular weight is 337 g/mol. The normalized spacial score (nSPS) is 18.8. The zero-order valence-electron chi connectivity index (χ0n) is 14.6. The highest BCUT2D eigenvalue weighted by Crippen LogP contribution is 2.20. The van der Waals surface area contributed by atoms with Crippen molar-refractivity contribution in [2.75, 3.05) is 13.1 Å². The molecule has 1 heterocycles. The number of amides is 1. The fraction of sp³-hybridized carbons (Fsp3) is 0.381. The lowest BCUT2D eigenvalue weighted by Crippen LogP contribution is -2.40. The topological polar surface area (TPSA) is 58.4 Å². The Morgan fingerprint density at radius 1 is 1.12 bits per heavy atom. The first-order valence-electron chi connectivity index (χ1n) is 9.07. The van der Waals surface area contributed by atoms with E-state index < -0.39 is 0 Å². The van der Waals surface area contributed by atoms with E-state index in [9.17, 15) is 4.79 Å². The lowest BCUT2D eigenvalue weighted by molar-refractivity contribution is -0.121. The Kier molecular flexibility index (Phi) is 6.20. The first-order chi connectivity index (χ1) is 12.2. The molecular weight excluding hydrogens is 310 g/mol. The third-order valence-electron chi connectivity index (χ3n) is 4.90. The van der Waals surface area contributed by atoms with Crippen LogP contribution in [-0.4, -0.2) is 29.9 Å². The van der Waals surface area contributed by atoms with Gasteiger partial charge in [-0.25, -0.2) is 0 Å². The van der Waals surface area contributed by atoms with E-state index in [0.717, 1.165) is 25.1 Å². The summed E-state index contributed by atoms with van der Waals surface area (Å²) in [6, 6.07) is 20.5. The Balaban J connectivity index is 1.46. The van der Waals surface area contributed by atoms with Crippen LogP contribution in [0.3, 0.4) is 0 Å². The summed E-state index contributed by atoms with van der Waals surface area (Å²) in [6.07, 6.45) is 2.66. The SMILES string of the molecule is NC(CC(=O)NCC1CCCN1Cc1ccccc1)c1ccccc1. The van der Waals surface area contributed by atoms with Crippen molar-refractivity contribution >= 4 is 5.91 Å². The lowest BCUT2D eigenvalue weighted by Gasteiger charge is -2.25. The van der Waals surface area contributed by atoms with Crippen molar-refractivity contribution < 1.29 is 4.79 Å². The van der Waals surface area contributed by atoms with Gasteiger partial charge in [0, 0.05) is 31.6 Å². The van der Waals surface area contributed by atoms with Crippen LogP contribution in [0.2, 0.25) is 0 Å². The van der Waals surface area contributed by atoms with Gasteiger partial charge in [-0.2, -0.15) is 0 Å². The van der Waals surface area contributed by atoms with E-state index in [4.69, 9.17) is 5.73 Å². The molecule has 132 valence electrons. The second kappa shape index (κ2) is 8.79. The van der Waals surface area contributed by atoms with Crippen LogP contribution in [0.25, 0.3) is 0 Å². The zero-order chi connectivity index (χ0) is 17.5. The highest BCUT2D eigenvalue weighted by atomic mass is 16.1. The number of likely N-dealkylation sites (tertiary alicyclic amines) is 1.